The lowest BCUT2D eigenvalue weighted by Gasteiger charge is -2.25. The molecule has 0 spiro atoms. The Labute approximate surface area is 169 Å². The second-order valence-electron chi connectivity index (χ2n) is 7.35. The Balaban J connectivity index is 1.86. The smallest absolute Gasteiger partial charge is 0.191 e. The van der Waals surface area contributed by atoms with Gasteiger partial charge >= 0.3 is 0 Å². The fraction of sp³-hybridized carbons (Fsp3) is 0.545. The molecule has 0 radical (unpaired) electrons. The minimum absolute atomic E-state index is 0.368. The van der Waals surface area contributed by atoms with Crippen LogP contribution in [0.15, 0.2) is 45.9 Å². The highest BCUT2D eigenvalue weighted by atomic mass is 16.5. The molecule has 6 nitrogen and oxygen atoms in total. The first-order valence-corrected chi connectivity index (χ1v) is 10.2. The van der Waals surface area contributed by atoms with Crippen molar-refractivity contribution in [2.24, 2.45) is 4.99 Å². The van der Waals surface area contributed by atoms with Crippen molar-refractivity contribution in [3.8, 4) is 0 Å². The van der Waals surface area contributed by atoms with Crippen LogP contribution in [0.2, 0.25) is 0 Å². The van der Waals surface area contributed by atoms with Gasteiger partial charge in [-0.2, -0.15) is 0 Å². The van der Waals surface area contributed by atoms with E-state index >= 15 is 0 Å². The number of nitrogens with one attached hydrogen (secondary N) is 2. The van der Waals surface area contributed by atoms with Crippen molar-refractivity contribution in [3.63, 3.8) is 0 Å². The van der Waals surface area contributed by atoms with E-state index in [1.54, 1.807) is 7.05 Å². The molecule has 0 saturated heterocycles. The van der Waals surface area contributed by atoms with Crippen molar-refractivity contribution in [2.45, 2.75) is 51.6 Å². The number of nitrogens with zero attached hydrogens (tertiary/aromatic N) is 3. The molecule has 6 heteroatoms. The molecule has 2 rings (SSSR count). The molecule has 1 aromatic carbocycles. The zero-order valence-corrected chi connectivity index (χ0v) is 17.9. The van der Waals surface area contributed by atoms with Gasteiger partial charge in [-0.3, -0.25) is 4.99 Å². The molecule has 2 N–H and O–H groups in total. The molecule has 154 valence electrons. The van der Waals surface area contributed by atoms with Gasteiger partial charge in [0.05, 0.1) is 12.2 Å². The zero-order valence-electron chi connectivity index (χ0n) is 17.9. The van der Waals surface area contributed by atoms with Crippen LogP contribution in [0.4, 0.5) is 0 Å². The van der Waals surface area contributed by atoms with Crippen LogP contribution >= 0.6 is 0 Å². The SMILES string of the molecule is CCC(CC)c1cc(CNC(=NC)NCC(Cc2ccccc2)N(C)C)on1. The van der Waals surface area contributed by atoms with Crippen LogP contribution in [-0.4, -0.2) is 49.7 Å². The predicted molar refractivity (Wildman–Crippen MR) is 116 cm³/mol. The summed E-state index contributed by atoms with van der Waals surface area (Å²) in [6, 6.07) is 13.0. The quantitative estimate of drug-likeness (QED) is 0.485. The van der Waals surface area contributed by atoms with Gasteiger partial charge in [-0.05, 0) is 38.9 Å². The first-order valence-electron chi connectivity index (χ1n) is 10.2. The van der Waals surface area contributed by atoms with E-state index in [4.69, 9.17) is 4.52 Å². The molecule has 0 aliphatic rings. The number of hydrogen-bond acceptors (Lipinski definition) is 4. The van der Waals surface area contributed by atoms with E-state index in [2.05, 4.69) is 90.0 Å². The van der Waals surface area contributed by atoms with E-state index in [9.17, 15) is 0 Å². The van der Waals surface area contributed by atoms with Crippen LogP contribution in [0.25, 0.3) is 0 Å². The monoisotopic (exact) mass is 385 g/mol. The van der Waals surface area contributed by atoms with Crippen molar-refractivity contribution < 1.29 is 4.52 Å². The summed E-state index contributed by atoms with van der Waals surface area (Å²) in [6.45, 7) is 5.74. The summed E-state index contributed by atoms with van der Waals surface area (Å²) in [7, 11) is 6.01. The van der Waals surface area contributed by atoms with E-state index in [1.807, 2.05) is 0 Å². The maximum absolute atomic E-state index is 5.48. The first-order chi connectivity index (χ1) is 13.6. The van der Waals surface area contributed by atoms with Crippen molar-refractivity contribution in [1.82, 2.24) is 20.7 Å². The van der Waals surface area contributed by atoms with Crippen molar-refractivity contribution in [2.75, 3.05) is 27.7 Å². The summed E-state index contributed by atoms with van der Waals surface area (Å²) in [5.41, 5.74) is 2.38. The molecule has 1 atom stereocenters. The number of rotatable bonds is 10. The second kappa shape index (κ2) is 11.5. The highest BCUT2D eigenvalue weighted by molar-refractivity contribution is 5.79. The Morgan fingerprint density at radius 2 is 1.86 bits per heavy atom. The highest BCUT2D eigenvalue weighted by Gasteiger charge is 2.15. The normalized spacial score (nSPS) is 13.2. The van der Waals surface area contributed by atoms with Gasteiger partial charge in [0.15, 0.2) is 11.7 Å². The van der Waals surface area contributed by atoms with E-state index in [0.717, 1.165) is 43.2 Å². The summed E-state index contributed by atoms with van der Waals surface area (Å²) in [6.07, 6.45) is 3.14. The summed E-state index contributed by atoms with van der Waals surface area (Å²) in [4.78, 5) is 6.57. The Bertz CT molecular complexity index is 707. The second-order valence-corrected chi connectivity index (χ2v) is 7.35. The summed E-state index contributed by atoms with van der Waals surface area (Å²) in [5, 5.41) is 11.0. The minimum atomic E-state index is 0.368. The molecule has 0 aliphatic carbocycles. The first kappa shape index (κ1) is 22.0. The molecular weight excluding hydrogens is 350 g/mol. The molecule has 1 unspecified atom stereocenters. The van der Waals surface area contributed by atoms with Gasteiger partial charge in [-0.15, -0.1) is 0 Å². The van der Waals surface area contributed by atoms with Gasteiger partial charge < -0.3 is 20.1 Å². The maximum Gasteiger partial charge on any atom is 0.191 e. The standard InChI is InChI=1S/C22H35N5O/c1-6-18(7-2)21-14-20(28-26-21)16-25-22(23-3)24-15-19(27(4)5)13-17-11-9-8-10-12-17/h8-12,14,18-19H,6-7,13,15-16H2,1-5H3,(H2,23,24,25). The van der Waals surface area contributed by atoms with E-state index in [-0.39, 0.29) is 0 Å². The fourth-order valence-corrected chi connectivity index (χ4v) is 3.24. The zero-order chi connectivity index (χ0) is 20.4. The van der Waals surface area contributed by atoms with Crippen LogP contribution in [0, 0.1) is 0 Å². The Hall–Kier alpha value is -2.34. The lowest BCUT2D eigenvalue weighted by molar-refractivity contribution is 0.290. The molecule has 2 aromatic rings. The van der Waals surface area contributed by atoms with Crippen LogP contribution in [-0.2, 0) is 13.0 Å². The predicted octanol–water partition coefficient (Wildman–Crippen LogP) is 3.42. The topological polar surface area (TPSA) is 65.7 Å². The van der Waals surface area contributed by atoms with Crippen LogP contribution < -0.4 is 10.6 Å². The van der Waals surface area contributed by atoms with Crippen molar-refractivity contribution >= 4 is 5.96 Å². The Morgan fingerprint density at radius 1 is 1.14 bits per heavy atom. The third-order valence-corrected chi connectivity index (χ3v) is 5.18. The molecule has 1 aromatic heterocycles. The summed E-state index contributed by atoms with van der Waals surface area (Å²) in [5.74, 6) is 2.06. The van der Waals surface area contributed by atoms with Crippen molar-refractivity contribution in [3.05, 3.63) is 53.4 Å². The minimum Gasteiger partial charge on any atom is -0.359 e. The third kappa shape index (κ3) is 6.68. The highest BCUT2D eigenvalue weighted by Crippen LogP contribution is 2.22. The van der Waals surface area contributed by atoms with Crippen LogP contribution in [0.5, 0.6) is 0 Å². The number of benzene rings is 1. The molecule has 1 heterocycles. The maximum atomic E-state index is 5.48. The number of guanidine groups is 1. The van der Waals surface area contributed by atoms with Gasteiger partial charge in [0.2, 0.25) is 0 Å². The van der Waals surface area contributed by atoms with Gasteiger partial charge in [0.25, 0.3) is 0 Å². The van der Waals surface area contributed by atoms with Gasteiger partial charge in [-0.25, -0.2) is 0 Å². The Morgan fingerprint density at radius 3 is 2.46 bits per heavy atom. The molecule has 0 amide bonds. The van der Waals surface area contributed by atoms with Gasteiger partial charge in [-0.1, -0.05) is 49.3 Å². The van der Waals surface area contributed by atoms with E-state index < -0.39 is 0 Å². The average Bonchev–Trinajstić information content (AvgIpc) is 3.17. The number of aliphatic imine (C=N–C) groups is 1. The number of hydrogen-bond donors (Lipinski definition) is 2. The summed E-state index contributed by atoms with van der Waals surface area (Å²) < 4.78 is 5.48. The molecule has 28 heavy (non-hydrogen) atoms. The van der Waals surface area contributed by atoms with Crippen LogP contribution in [0.1, 0.15) is 49.6 Å². The Kier molecular flexibility index (Phi) is 9.01. The van der Waals surface area contributed by atoms with Gasteiger partial charge in [0.1, 0.15) is 0 Å². The number of aromatic nitrogens is 1. The number of likely N-dealkylation sites (N-methyl/N-ethyl adjacent to an activating group) is 1. The lowest BCUT2D eigenvalue weighted by atomic mass is 9.99. The molecule has 0 fully saturated rings. The van der Waals surface area contributed by atoms with Gasteiger partial charge in [0, 0.05) is 31.6 Å². The largest absolute Gasteiger partial charge is 0.359 e. The molecular formula is C22H35N5O. The molecule has 0 aliphatic heterocycles. The van der Waals surface area contributed by atoms with Crippen molar-refractivity contribution in [1.29, 1.82) is 0 Å². The van der Waals surface area contributed by atoms with E-state index in [0.29, 0.717) is 18.5 Å². The van der Waals surface area contributed by atoms with Crippen LogP contribution in [0.3, 0.4) is 0 Å². The average molecular weight is 386 g/mol. The lowest BCUT2D eigenvalue weighted by Crippen LogP contribution is -2.45. The fourth-order valence-electron chi connectivity index (χ4n) is 3.24. The molecule has 0 bridgehead atoms. The molecule has 0 saturated carbocycles. The van der Waals surface area contributed by atoms with E-state index in [1.165, 1.54) is 5.56 Å². The summed E-state index contributed by atoms with van der Waals surface area (Å²) >= 11 is 0. The third-order valence-electron chi connectivity index (χ3n) is 5.18.